The first-order chi connectivity index (χ1) is 13.1. The maximum Gasteiger partial charge on any atom is 0.407 e. The van der Waals surface area contributed by atoms with E-state index in [4.69, 9.17) is 23.2 Å². The SMILES string of the molecule is COC(=O)N[C@@H]1[C@H]2[C@H](OC(C)(C)C)[C@@H](OC(C)(C)C)CN2O[C@@H]1COS(C)(=O)=O. The molecule has 2 saturated heterocycles. The van der Waals surface area contributed by atoms with Crippen molar-refractivity contribution < 1.29 is 36.4 Å². The van der Waals surface area contributed by atoms with Crippen molar-refractivity contribution in [2.75, 3.05) is 26.5 Å². The quantitative estimate of drug-likeness (QED) is 0.608. The van der Waals surface area contributed by atoms with Gasteiger partial charge in [-0.05, 0) is 41.5 Å². The van der Waals surface area contributed by atoms with Gasteiger partial charge in [0.25, 0.3) is 10.1 Å². The van der Waals surface area contributed by atoms with Gasteiger partial charge in [0.15, 0.2) is 0 Å². The van der Waals surface area contributed by atoms with Gasteiger partial charge >= 0.3 is 6.09 Å². The first-order valence-electron chi connectivity index (χ1n) is 9.57. The number of rotatable bonds is 6. The van der Waals surface area contributed by atoms with Crippen molar-refractivity contribution in [1.82, 2.24) is 10.4 Å². The van der Waals surface area contributed by atoms with Crippen LogP contribution in [0.2, 0.25) is 0 Å². The predicted octanol–water partition coefficient (Wildman–Crippen LogP) is 1.05. The number of hydrogen-bond acceptors (Lipinski definition) is 9. The van der Waals surface area contributed by atoms with E-state index >= 15 is 0 Å². The molecule has 0 aliphatic carbocycles. The number of carbonyl (C=O) groups excluding carboxylic acids is 1. The Kier molecular flexibility index (Phi) is 7.24. The third-order valence-corrected chi connectivity index (χ3v) is 4.91. The van der Waals surface area contributed by atoms with Crippen LogP contribution < -0.4 is 5.32 Å². The van der Waals surface area contributed by atoms with Crippen LogP contribution in [0.1, 0.15) is 41.5 Å². The van der Waals surface area contributed by atoms with Crippen molar-refractivity contribution in [1.29, 1.82) is 0 Å². The molecule has 0 radical (unpaired) electrons. The standard InChI is InChI=1S/C18H34N2O8S/c1-17(2,3)26-11-9-20-14(15(11)27-18(4,5)6)13(19-16(21)24-7)12(28-20)10-25-29(8,22)23/h11-15H,9-10H2,1-8H3,(H,19,21)/t11-,12+,13-,14-,15+/m0/s1. The van der Waals surface area contributed by atoms with E-state index in [0.29, 0.717) is 6.54 Å². The van der Waals surface area contributed by atoms with E-state index in [1.807, 2.05) is 41.5 Å². The van der Waals surface area contributed by atoms with E-state index < -0.39 is 51.7 Å². The van der Waals surface area contributed by atoms with Gasteiger partial charge in [-0.3, -0.25) is 9.02 Å². The summed E-state index contributed by atoms with van der Waals surface area (Å²) in [6.07, 6.45) is -1.16. The summed E-state index contributed by atoms with van der Waals surface area (Å²) in [4.78, 5) is 17.9. The van der Waals surface area contributed by atoms with Crippen LogP contribution >= 0.6 is 0 Å². The van der Waals surface area contributed by atoms with Crippen molar-refractivity contribution in [3.8, 4) is 0 Å². The molecule has 2 aliphatic heterocycles. The molecule has 11 heteroatoms. The van der Waals surface area contributed by atoms with Gasteiger partial charge in [0.05, 0.1) is 49.8 Å². The molecule has 0 bridgehead atoms. The fourth-order valence-electron chi connectivity index (χ4n) is 3.55. The molecule has 0 aromatic heterocycles. The first kappa shape index (κ1) is 24.3. The van der Waals surface area contributed by atoms with E-state index in [1.165, 1.54) is 7.11 Å². The fraction of sp³-hybridized carbons (Fsp3) is 0.944. The van der Waals surface area contributed by atoms with Gasteiger partial charge in [0.2, 0.25) is 0 Å². The summed E-state index contributed by atoms with van der Waals surface area (Å²) in [5.74, 6) is 0. The molecule has 2 rings (SSSR count). The van der Waals surface area contributed by atoms with Gasteiger partial charge < -0.3 is 19.5 Å². The summed E-state index contributed by atoms with van der Waals surface area (Å²) in [7, 11) is -2.41. The number of ether oxygens (including phenoxy) is 3. The Hall–Kier alpha value is -0.980. The minimum Gasteiger partial charge on any atom is -0.453 e. The number of hydrogen-bond donors (Lipinski definition) is 1. The van der Waals surface area contributed by atoms with Gasteiger partial charge in [-0.1, -0.05) is 0 Å². The highest BCUT2D eigenvalue weighted by atomic mass is 32.2. The van der Waals surface area contributed by atoms with E-state index in [1.54, 1.807) is 5.06 Å². The maximum atomic E-state index is 12.0. The van der Waals surface area contributed by atoms with Crippen LogP contribution in [-0.4, -0.2) is 87.7 Å². The zero-order valence-electron chi connectivity index (χ0n) is 18.4. The molecular weight excluding hydrogens is 404 g/mol. The van der Waals surface area contributed by atoms with Crippen molar-refractivity contribution >= 4 is 16.2 Å². The number of amides is 1. The average Bonchev–Trinajstić information content (AvgIpc) is 2.99. The van der Waals surface area contributed by atoms with Crippen LogP contribution in [0.25, 0.3) is 0 Å². The number of carbonyl (C=O) groups is 1. The molecule has 0 saturated carbocycles. The monoisotopic (exact) mass is 438 g/mol. The Balaban J connectivity index is 2.30. The molecule has 2 aliphatic rings. The van der Waals surface area contributed by atoms with Crippen LogP contribution in [0.4, 0.5) is 4.79 Å². The van der Waals surface area contributed by atoms with Crippen molar-refractivity contribution in [3.63, 3.8) is 0 Å². The van der Waals surface area contributed by atoms with Crippen molar-refractivity contribution in [2.45, 2.75) is 83.1 Å². The second-order valence-corrected chi connectivity index (χ2v) is 11.0. The highest BCUT2D eigenvalue weighted by Gasteiger charge is 2.57. The predicted molar refractivity (Wildman–Crippen MR) is 105 cm³/mol. The van der Waals surface area contributed by atoms with Gasteiger partial charge in [-0.25, -0.2) is 4.79 Å². The van der Waals surface area contributed by atoms with Crippen molar-refractivity contribution in [3.05, 3.63) is 0 Å². The van der Waals surface area contributed by atoms with Gasteiger partial charge in [0.1, 0.15) is 18.3 Å². The van der Waals surface area contributed by atoms with E-state index in [-0.39, 0.29) is 12.7 Å². The van der Waals surface area contributed by atoms with Crippen LogP contribution in [0.15, 0.2) is 0 Å². The molecule has 0 unspecified atom stereocenters. The number of methoxy groups -OCH3 is 1. The zero-order valence-corrected chi connectivity index (χ0v) is 19.2. The normalized spacial score (nSPS) is 31.0. The zero-order chi connectivity index (χ0) is 22.2. The Morgan fingerprint density at radius 3 is 2.21 bits per heavy atom. The Morgan fingerprint density at radius 2 is 1.72 bits per heavy atom. The summed E-state index contributed by atoms with van der Waals surface area (Å²) in [6.45, 7) is 11.8. The van der Waals surface area contributed by atoms with Crippen LogP contribution in [-0.2, 0) is 33.3 Å². The molecule has 2 fully saturated rings. The molecule has 170 valence electrons. The maximum absolute atomic E-state index is 12.0. The summed E-state index contributed by atoms with van der Waals surface area (Å²) >= 11 is 0. The Morgan fingerprint density at radius 1 is 1.14 bits per heavy atom. The lowest BCUT2D eigenvalue weighted by molar-refractivity contribution is -0.167. The third-order valence-electron chi connectivity index (χ3n) is 4.35. The fourth-order valence-corrected chi connectivity index (χ4v) is 3.93. The molecule has 10 nitrogen and oxygen atoms in total. The lowest BCUT2D eigenvalue weighted by Gasteiger charge is -2.36. The molecular formula is C18H34N2O8S. The lowest BCUT2D eigenvalue weighted by atomic mass is 9.97. The average molecular weight is 439 g/mol. The molecule has 1 N–H and O–H groups in total. The molecule has 1 amide bonds. The van der Waals surface area contributed by atoms with Crippen LogP contribution in [0.3, 0.4) is 0 Å². The molecule has 2 heterocycles. The number of fused-ring (bicyclic) bond motifs is 1. The van der Waals surface area contributed by atoms with Crippen LogP contribution in [0, 0.1) is 0 Å². The first-order valence-corrected chi connectivity index (χ1v) is 11.4. The van der Waals surface area contributed by atoms with E-state index in [0.717, 1.165) is 6.26 Å². The second-order valence-electron chi connectivity index (χ2n) is 9.35. The van der Waals surface area contributed by atoms with Gasteiger partial charge in [-0.15, -0.1) is 0 Å². The smallest absolute Gasteiger partial charge is 0.407 e. The van der Waals surface area contributed by atoms with E-state index in [9.17, 15) is 13.2 Å². The van der Waals surface area contributed by atoms with Crippen LogP contribution in [0.5, 0.6) is 0 Å². The summed E-state index contributed by atoms with van der Waals surface area (Å²) < 4.78 is 45.0. The topological polar surface area (TPSA) is 113 Å². The minimum atomic E-state index is -3.67. The highest BCUT2D eigenvalue weighted by molar-refractivity contribution is 7.85. The summed E-state index contributed by atoms with van der Waals surface area (Å²) in [5.41, 5.74) is -0.884. The molecule has 0 aromatic carbocycles. The molecule has 29 heavy (non-hydrogen) atoms. The summed E-state index contributed by atoms with van der Waals surface area (Å²) in [6, 6.07) is -1.03. The molecule has 5 atom stereocenters. The van der Waals surface area contributed by atoms with E-state index in [2.05, 4.69) is 5.32 Å². The number of alkyl carbamates (subject to hydrolysis) is 1. The summed E-state index contributed by atoms with van der Waals surface area (Å²) in [5, 5.41) is 4.43. The number of hydroxylamine groups is 2. The Labute approximate surface area is 173 Å². The Bertz CT molecular complexity index is 685. The number of nitrogens with one attached hydrogen (secondary N) is 1. The second kappa shape index (κ2) is 8.64. The molecule has 0 spiro atoms. The minimum absolute atomic E-state index is 0.243. The lowest BCUT2D eigenvalue weighted by Crippen LogP contribution is -2.55. The number of nitrogens with zero attached hydrogens (tertiary/aromatic N) is 1. The largest absolute Gasteiger partial charge is 0.453 e. The van der Waals surface area contributed by atoms with Crippen molar-refractivity contribution in [2.24, 2.45) is 0 Å². The molecule has 0 aromatic rings. The van der Waals surface area contributed by atoms with Gasteiger partial charge in [-0.2, -0.15) is 13.5 Å². The third kappa shape index (κ3) is 7.04. The van der Waals surface area contributed by atoms with Gasteiger partial charge in [0, 0.05) is 0 Å². The highest BCUT2D eigenvalue weighted by Crippen LogP contribution is 2.37.